The molecule has 1 aromatic carbocycles. The number of nitrogens with zero attached hydrogens (tertiary/aromatic N) is 1. The first-order chi connectivity index (χ1) is 17.1. The normalized spacial score (nSPS) is 19.4. The highest BCUT2D eigenvalue weighted by Gasteiger charge is 2.54. The summed E-state index contributed by atoms with van der Waals surface area (Å²) in [5, 5.41) is -0.0848. The molecule has 0 bridgehead atoms. The molecule has 0 N–H and O–H groups in total. The van der Waals surface area contributed by atoms with Crippen LogP contribution in [-0.2, 0) is 19.1 Å². The lowest BCUT2D eigenvalue weighted by atomic mass is 9.93. The van der Waals surface area contributed by atoms with Crippen LogP contribution in [0.3, 0.4) is 0 Å². The molecule has 0 aromatic heterocycles. The van der Waals surface area contributed by atoms with E-state index in [2.05, 4.69) is 67.7 Å². The number of benzene rings is 1. The van der Waals surface area contributed by atoms with Gasteiger partial charge in [-0.25, -0.2) is 9.10 Å². The van der Waals surface area contributed by atoms with Gasteiger partial charge < -0.3 is 18.3 Å². The van der Waals surface area contributed by atoms with Gasteiger partial charge in [0.05, 0.1) is 5.56 Å². The maximum atomic E-state index is 13.2. The molecule has 0 spiro atoms. The molecule has 0 aliphatic carbocycles. The zero-order valence-corrected chi connectivity index (χ0v) is 28.0. The average Bonchev–Trinajstić information content (AvgIpc) is 2.72. The Morgan fingerprint density at radius 1 is 0.947 bits per heavy atom. The van der Waals surface area contributed by atoms with Crippen LogP contribution in [0.1, 0.15) is 65.7 Å². The van der Waals surface area contributed by atoms with Gasteiger partial charge in [-0.05, 0) is 73.3 Å². The van der Waals surface area contributed by atoms with E-state index in [1.807, 2.05) is 0 Å². The van der Waals surface area contributed by atoms with Gasteiger partial charge in [0.25, 0.3) is 16.6 Å². The Hall–Kier alpha value is -1.99. The summed E-state index contributed by atoms with van der Waals surface area (Å²) < 4.78 is 25.6. The lowest BCUT2D eigenvalue weighted by molar-refractivity contribution is -0.190. The molecule has 1 aliphatic rings. The molecule has 0 saturated carbocycles. The van der Waals surface area contributed by atoms with Gasteiger partial charge in [-0.2, -0.15) is 0 Å². The molecule has 8 nitrogen and oxygen atoms in total. The minimum atomic E-state index is -2.27. The molecule has 1 saturated heterocycles. The fourth-order valence-electron chi connectivity index (χ4n) is 3.34. The first-order valence-corrected chi connectivity index (χ1v) is 19.9. The van der Waals surface area contributed by atoms with E-state index in [1.54, 1.807) is 31.4 Å². The van der Waals surface area contributed by atoms with Crippen LogP contribution < -0.4 is 8.85 Å². The molecule has 1 aromatic rings. The highest BCUT2D eigenvalue weighted by molar-refractivity contribution is 7.96. The van der Waals surface area contributed by atoms with Crippen LogP contribution in [0.15, 0.2) is 18.2 Å². The Kier molecular flexibility index (Phi) is 9.54. The van der Waals surface area contributed by atoms with E-state index >= 15 is 0 Å². The third kappa shape index (κ3) is 6.95. The third-order valence-electron chi connectivity index (χ3n) is 7.84. The fourth-order valence-corrected chi connectivity index (χ4v) is 6.06. The lowest BCUT2D eigenvalue weighted by Gasteiger charge is -2.45. The van der Waals surface area contributed by atoms with E-state index in [9.17, 15) is 14.4 Å². The predicted octanol–water partition coefficient (Wildman–Crippen LogP) is 6.63. The van der Waals surface area contributed by atoms with Crippen molar-refractivity contribution in [1.29, 1.82) is 0 Å². The van der Waals surface area contributed by atoms with Crippen molar-refractivity contribution in [2.24, 2.45) is 5.92 Å². The van der Waals surface area contributed by atoms with E-state index in [0.29, 0.717) is 17.1 Å². The van der Waals surface area contributed by atoms with Gasteiger partial charge in [0, 0.05) is 13.2 Å². The summed E-state index contributed by atoms with van der Waals surface area (Å²) in [5.74, 6) is -0.966. The summed E-state index contributed by atoms with van der Waals surface area (Å²) in [6.07, 6.45) is 0.143. The van der Waals surface area contributed by atoms with Gasteiger partial charge in [-0.1, -0.05) is 41.5 Å². The van der Waals surface area contributed by atoms with Crippen molar-refractivity contribution >= 4 is 46.4 Å². The Morgan fingerprint density at radius 2 is 1.45 bits per heavy atom. The highest BCUT2D eigenvalue weighted by atomic mass is 32.2. The number of β-lactam (4-membered cyclic amide) rings is 1. The van der Waals surface area contributed by atoms with Crippen molar-refractivity contribution in [3.8, 4) is 11.5 Å². The van der Waals surface area contributed by atoms with Crippen molar-refractivity contribution in [3.05, 3.63) is 23.8 Å². The van der Waals surface area contributed by atoms with E-state index in [-0.39, 0.29) is 16.0 Å². The molecule has 0 radical (unpaired) electrons. The number of ether oxygens (including phenoxy) is 2. The van der Waals surface area contributed by atoms with Crippen molar-refractivity contribution in [2.75, 3.05) is 6.26 Å². The van der Waals surface area contributed by atoms with Gasteiger partial charge in [0.2, 0.25) is 12.1 Å². The molecule has 0 unspecified atom stereocenters. The topological polar surface area (TPSA) is 91.4 Å². The molecule has 1 aliphatic heterocycles. The maximum Gasteiger partial charge on any atom is 0.338 e. The average molecular weight is 584 g/mol. The zero-order chi connectivity index (χ0) is 29.4. The quantitative estimate of drug-likeness (QED) is 0.139. The van der Waals surface area contributed by atoms with Gasteiger partial charge in [0.1, 0.15) is 23.5 Å². The summed E-state index contributed by atoms with van der Waals surface area (Å²) in [6.45, 7) is 24.5. The van der Waals surface area contributed by atoms with Crippen LogP contribution in [0.5, 0.6) is 11.5 Å². The molecule has 3 atom stereocenters. The van der Waals surface area contributed by atoms with Gasteiger partial charge in [0.15, 0.2) is 0 Å². The summed E-state index contributed by atoms with van der Waals surface area (Å²) in [7, 11) is -4.45. The summed E-state index contributed by atoms with van der Waals surface area (Å²) in [6, 6.07) is 5.12. The van der Waals surface area contributed by atoms with Crippen molar-refractivity contribution in [3.63, 3.8) is 0 Å². The minimum absolute atomic E-state index is 0.0211. The second kappa shape index (κ2) is 11.2. The fraction of sp³-hybridized carbons (Fsp3) is 0.667. The smallest absolute Gasteiger partial charge is 0.338 e. The van der Waals surface area contributed by atoms with E-state index in [0.717, 1.165) is 0 Å². The second-order valence-electron chi connectivity index (χ2n) is 12.9. The van der Waals surface area contributed by atoms with Crippen molar-refractivity contribution in [1.82, 2.24) is 4.31 Å². The van der Waals surface area contributed by atoms with E-state index in [1.165, 1.54) is 23.2 Å². The number of esters is 2. The second-order valence-corrected chi connectivity index (χ2v) is 23.1. The third-order valence-corrected chi connectivity index (χ3v) is 17.3. The Balaban J connectivity index is 2.37. The predicted molar refractivity (Wildman–Crippen MR) is 156 cm³/mol. The number of rotatable bonds is 9. The summed E-state index contributed by atoms with van der Waals surface area (Å²) in [5.41, 5.74) is 0.297. The van der Waals surface area contributed by atoms with Crippen LogP contribution >= 0.6 is 11.9 Å². The Labute approximate surface area is 234 Å². The Morgan fingerprint density at radius 3 is 1.89 bits per heavy atom. The van der Waals surface area contributed by atoms with Crippen LogP contribution in [0.2, 0.25) is 36.3 Å². The molecule has 38 heavy (non-hydrogen) atoms. The van der Waals surface area contributed by atoms with Crippen LogP contribution in [0, 0.1) is 5.92 Å². The molecule has 11 heteroatoms. The lowest BCUT2D eigenvalue weighted by Crippen LogP contribution is -2.63. The van der Waals surface area contributed by atoms with Crippen LogP contribution in [-0.4, -0.2) is 57.4 Å². The first-order valence-electron chi connectivity index (χ1n) is 12.9. The monoisotopic (exact) mass is 583 g/mol. The number of hydrogen-bond acceptors (Lipinski definition) is 8. The SMILES string of the molecule is CSN1C(=O)[C@H]([C@@H](C)OC(=O)c2ccc(O[Si](C)(C)C(C)(C)C)c(O[Si](C)(C)C(C)(C)C)c2)[C@H]1OC(C)=O. The minimum Gasteiger partial charge on any atom is -0.541 e. The zero-order valence-electron chi connectivity index (χ0n) is 25.2. The van der Waals surface area contributed by atoms with Crippen LogP contribution in [0.4, 0.5) is 0 Å². The van der Waals surface area contributed by atoms with Gasteiger partial charge in [-0.3, -0.25) is 9.59 Å². The standard InChI is InChI=1S/C27H45NO7SSi2/c1-17(22-23(30)28(36-9)24(22)33-18(2)29)32-25(31)19-14-15-20(34-37(10,11)26(3,4)5)21(16-19)35-38(12,13)27(6,7)8/h14-17,22,24H,1-13H3/t17-,22+,24-/m1/s1. The first kappa shape index (κ1) is 32.2. The largest absolute Gasteiger partial charge is 0.541 e. The number of amides is 1. The van der Waals surface area contributed by atoms with Gasteiger partial charge in [-0.15, -0.1) is 0 Å². The molecule has 1 heterocycles. The maximum absolute atomic E-state index is 13.2. The number of hydrogen-bond donors (Lipinski definition) is 0. The summed E-state index contributed by atoms with van der Waals surface area (Å²) in [4.78, 5) is 37.4. The van der Waals surface area contributed by atoms with Gasteiger partial charge >= 0.3 is 11.9 Å². The molecule has 1 fully saturated rings. The van der Waals surface area contributed by atoms with E-state index in [4.69, 9.17) is 18.3 Å². The van der Waals surface area contributed by atoms with Crippen LogP contribution in [0.25, 0.3) is 0 Å². The van der Waals surface area contributed by atoms with E-state index < -0.39 is 46.8 Å². The Bertz CT molecular complexity index is 1060. The number of carbonyl (C=O) groups is 3. The highest BCUT2D eigenvalue weighted by Crippen LogP contribution is 2.44. The molecular weight excluding hydrogens is 539 g/mol. The number of carbonyl (C=O) groups excluding carboxylic acids is 3. The molecule has 2 rings (SSSR count). The molecule has 1 amide bonds. The summed E-state index contributed by atoms with van der Waals surface area (Å²) >= 11 is 1.17. The molecule has 214 valence electrons. The van der Waals surface area contributed by atoms with Crippen molar-refractivity contribution in [2.45, 2.75) is 104 Å². The molecular formula is C27H45NO7SSi2. The van der Waals surface area contributed by atoms with Crippen molar-refractivity contribution < 1.29 is 32.7 Å².